The van der Waals surface area contributed by atoms with Crippen LogP contribution in [-0.4, -0.2) is 0 Å². The van der Waals surface area contributed by atoms with E-state index >= 15 is 0 Å². The van der Waals surface area contributed by atoms with Gasteiger partial charge in [-0.3, -0.25) is 0 Å². The largest absolute Gasteiger partial charge is 1.00 e. The summed E-state index contributed by atoms with van der Waals surface area (Å²) in [6.07, 6.45) is 13.6. The molecule has 1 unspecified atom stereocenters. The Bertz CT molecular complexity index is 121. The van der Waals surface area contributed by atoms with Crippen molar-refractivity contribution in [1.29, 1.82) is 0 Å². The second-order valence-corrected chi connectivity index (χ2v) is 5.27. The Morgan fingerprint density at radius 2 is 1.69 bits per heavy atom. The summed E-state index contributed by atoms with van der Waals surface area (Å²) in [4.78, 5) is 0. The Morgan fingerprint density at radius 3 is 2.19 bits per heavy atom. The topological polar surface area (TPSA) is 0 Å². The molecule has 0 spiro atoms. The molecule has 0 nitrogen and oxygen atoms in total. The molecule has 0 saturated heterocycles. The summed E-state index contributed by atoms with van der Waals surface area (Å²) in [6.45, 7) is 9.24. The molecule has 0 fully saturated rings. The fourth-order valence-corrected chi connectivity index (χ4v) is 2.04. The van der Waals surface area contributed by atoms with E-state index in [2.05, 4.69) is 34.1 Å². The molecule has 1 heteroatoms. The maximum absolute atomic E-state index is 2.49. The molecule has 0 aromatic rings. The summed E-state index contributed by atoms with van der Waals surface area (Å²) in [6, 6.07) is 0. The van der Waals surface area contributed by atoms with Gasteiger partial charge >= 0.3 is 29.6 Å². The number of rotatable bonds is 10. The van der Waals surface area contributed by atoms with Crippen molar-refractivity contribution in [2.45, 2.75) is 79.1 Å². The minimum atomic E-state index is 0. The minimum Gasteiger partial charge on any atom is -0.328 e. The second-order valence-electron chi connectivity index (χ2n) is 5.27. The van der Waals surface area contributed by atoms with Crippen molar-refractivity contribution < 1.29 is 29.6 Å². The van der Waals surface area contributed by atoms with Gasteiger partial charge in [0.25, 0.3) is 0 Å². The fraction of sp³-hybridized carbons (Fsp3) is 0.933. The van der Waals surface area contributed by atoms with Crippen LogP contribution in [0.15, 0.2) is 0 Å². The molecule has 0 heterocycles. The molecule has 16 heavy (non-hydrogen) atoms. The summed E-state index contributed by atoms with van der Waals surface area (Å²) in [5, 5.41) is 0. The third kappa shape index (κ3) is 13.1. The predicted octanol–water partition coefficient (Wildman–Crippen LogP) is 2.63. The van der Waals surface area contributed by atoms with Gasteiger partial charge in [0.05, 0.1) is 0 Å². The summed E-state index contributed by atoms with van der Waals surface area (Å²) >= 11 is 0. The summed E-state index contributed by atoms with van der Waals surface area (Å²) < 4.78 is 0. The summed E-state index contributed by atoms with van der Waals surface area (Å²) in [5.74, 6) is 1.82. The van der Waals surface area contributed by atoms with Gasteiger partial charge in [-0.05, 0) is 5.92 Å². The Morgan fingerprint density at radius 1 is 1.00 bits per heavy atom. The monoisotopic (exact) mass is 234 g/mol. The first-order valence-electron chi connectivity index (χ1n) is 7.02. The molecule has 0 amide bonds. The van der Waals surface area contributed by atoms with Crippen LogP contribution in [0.5, 0.6) is 0 Å². The van der Waals surface area contributed by atoms with Crippen molar-refractivity contribution in [2.75, 3.05) is 0 Å². The van der Waals surface area contributed by atoms with Crippen LogP contribution in [0.2, 0.25) is 0 Å². The van der Waals surface area contributed by atoms with Crippen LogP contribution >= 0.6 is 0 Å². The van der Waals surface area contributed by atoms with E-state index in [0.717, 1.165) is 11.8 Å². The van der Waals surface area contributed by atoms with Gasteiger partial charge in [-0.2, -0.15) is 12.8 Å². The average Bonchev–Trinajstić information content (AvgIpc) is 2.21. The van der Waals surface area contributed by atoms with Gasteiger partial charge in [-0.25, -0.2) is 0 Å². The van der Waals surface area contributed by atoms with Crippen molar-refractivity contribution in [3.05, 3.63) is 6.42 Å². The van der Waals surface area contributed by atoms with Gasteiger partial charge < -0.3 is 6.42 Å². The number of unbranched alkanes of at least 4 members (excludes halogenated alkanes) is 3. The molecule has 0 aliphatic rings. The third-order valence-electron chi connectivity index (χ3n) is 3.21. The maximum Gasteiger partial charge on any atom is 1.00 e. The Balaban J connectivity index is 0. The van der Waals surface area contributed by atoms with Crippen molar-refractivity contribution in [3.8, 4) is 0 Å². The van der Waals surface area contributed by atoms with Gasteiger partial charge in [0.1, 0.15) is 0 Å². The zero-order valence-electron chi connectivity index (χ0n) is 12.4. The van der Waals surface area contributed by atoms with Crippen LogP contribution in [0.1, 0.15) is 79.1 Å². The molecule has 0 N–H and O–H groups in total. The minimum absolute atomic E-state index is 0. The van der Waals surface area contributed by atoms with Crippen molar-refractivity contribution in [1.82, 2.24) is 0 Å². The van der Waals surface area contributed by atoms with E-state index in [9.17, 15) is 0 Å². The normalized spacial score (nSPS) is 12.6. The second kappa shape index (κ2) is 14.1. The van der Waals surface area contributed by atoms with Crippen molar-refractivity contribution in [3.63, 3.8) is 0 Å². The molecule has 0 aliphatic heterocycles. The average molecular weight is 234 g/mol. The Hall–Kier alpha value is 1.00. The molecule has 1 atom stereocenters. The molecule has 0 aliphatic carbocycles. The van der Waals surface area contributed by atoms with E-state index in [1.807, 2.05) is 0 Å². The third-order valence-corrected chi connectivity index (χ3v) is 3.21. The van der Waals surface area contributed by atoms with Gasteiger partial charge in [0.15, 0.2) is 0 Å². The molecular weight excluding hydrogens is 203 g/mol. The SMILES string of the molecule is CCCCCC(CC)CC[CH-]CC(C)C.[Na+]. The summed E-state index contributed by atoms with van der Waals surface area (Å²) in [7, 11) is 0. The quantitative estimate of drug-likeness (QED) is 0.310. The Labute approximate surface area is 126 Å². The molecule has 0 saturated carbocycles. The van der Waals surface area contributed by atoms with E-state index in [1.54, 1.807) is 0 Å². The van der Waals surface area contributed by atoms with Gasteiger partial charge in [0.2, 0.25) is 0 Å². The van der Waals surface area contributed by atoms with Gasteiger partial charge in [-0.15, -0.1) is 0 Å². The zero-order chi connectivity index (χ0) is 11.5. The van der Waals surface area contributed by atoms with E-state index < -0.39 is 0 Å². The van der Waals surface area contributed by atoms with E-state index in [-0.39, 0.29) is 29.6 Å². The smallest absolute Gasteiger partial charge is 0.328 e. The first-order chi connectivity index (χ1) is 7.20. The first-order valence-corrected chi connectivity index (χ1v) is 7.02. The molecule has 92 valence electrons. The van der Waals surface area contributed by atoms with Crippen LogP contribution in [0.3, 0.4) is 0 Å². The van der Waals surface area contributed by atoms with E-state index in [0.29, 0.717) is 0 Å². The Kier molecular flexibility index (Phi) is 17.0. The van der Waals surface area contributed by atoms with Crippen LogP contribution in [0, 0.1) is 18.3 Å². The van der Waals surface area contributed by atoms with Crippen molar-refractivity contribution in [2.24, 2.45) is 11.8 Å². The van der Waals surface area contributed by atoms with Crippen molar-refractivity contribution >= 4 is 0 Å². The summed E-state index contributed by atoms with van der Waals surface area (Å²) in [5.41, 5.74) is 0. The molecule has 0 bridgehead atoms. The molecule has 0 rings (SSSR count). The van der Waals surface area contributed by atoms with Crippen LogP contribution in [0.25, 0.3) is 0 Å². The van der Waals surface area contributed by atoms with Crippen LogP contribution in [0.4, 0.5) is 0 Å². The molecule has 0 radical (unpaired) electrons. The van der Waals surface area contributed by atoms with Crippen LogP contribution < -0.4 is 29.6 Å². The first kappa shape index (κ1) is 19.3. The van der Waals surface area contributed by atoms with E-state index in [4.69, 9.17) is 0 Å². The van der Waals surface area contributed by atoms with Gasteiger partial charge in [0, 0.05) is 0 Å². The molecular formula is C15H31Na. The fourth-order valence-electron chi connectivity index (χ4n) is 2.04. The number of hydrogen-bond acceptors (Lipinski definition) is 0. The number of hydrogen-bond donors (Lipinski definition) is 0. The standard InChI is InChI=1S/C15H31.Na/c1-5-7-8-12-15(6-2)13-10-9-11-14(3)4;/h9,14-15H,5-8,10-13H2,1-4H3;/q-1;+1. The predicted molar refractivity (Wildman–Crippen MR) is 70.9 cm³/mol. The van der Waals surface area contributed by atoms with E-state index in [1.165, 1.54) is 51.4 Å². The van der Waals surface area contributed by atoms with Crippen LogP contribution in [-0.2, 0) is 0 Å². The maximum atomic E-state index is 2.49. The zero-order valence-corrected chi connectivity index (χ0v) is 14.4. The van der Waals surface area contributed by atoms with Gasteiger partial charge in [-0.1, -0.05) is 72.1 Å². The molecule has 0 aromatic heterocycles. The molecule has 0 aromatic carbocycles.